The first-order valence-electron chi connectivity index (χ1n) is 10.1. The van der Waals surface area contributed by atoms with Crippen molar-refractivity contribution in [3.63, 3.8) is 0 Å². The number of amides is 2. The molecular formula is C22H26ClN3O4S. The first-order valence-corrected chi connectivity index (χ1v) is 12.0. The standard InChI is InChI=1S/C22H26ClN3O4S/c1-16(2)31(29,30)20-6-4-3-5-19(20)22(28)24-15-21(27)26-13-11-25(12-14-26)18-9-7-17(23)8-10-18/h3-10,16H,11-15H2,1-2H3,(H,24,28). The molecule has 9 heteroatoms. The van der Waals surface area contributed by atoms with E-state index in [1.165, 1.54) is 12.1 Å². The van der Waals surface area contributed by atoms with Crippen molar-refractivity contribution in [3.05, 3.63) is 59.1 Å². The fraction of sp³-hybridized carbons (Fsp3) is 0.364. The maximum Gasteiger partial charge on any atom is 0.253 e. The Morgan fingerprint density at radius 1 is 1.00 bits per heavy atom. The van der Waals surface area contributed by atoms with E-state index in [9.17, 15) is 18.0 Å². The van der Waals surface area contributed by atoms with Crippen LogP contribution in [0.2, 0.25) is 5.02 Å². The van der Waals surface area contributed by atoms with E-state index in [4.69, 9.17) is 11.6 Å². The summed E-state index contributed by atoms with van der Waals surface area (Å²) in [4.78, 5) is 29.0. The summed E-state index contributed by atoms with van der Waals surface area (Å²) >= 11 is 5.93. The molecule has 2 amide bonds. The Balaban J connectivity index is 1.57. The molecule has 2 aromatic rings. The molecule has 31 heavy (non-hydrogen) atoms. The van der Waals surface area contributed by atoms with Crippen molar-refractivity contribution in [2.75, 3.05) is 37.6 Å². The molecule has 1 N–H and O–H groups in total. The number of anilines is 1. The second kappa shape index (κ2) is 9.70. The molecule has 1 fully saturated rings. The molecule has 0 bridgehead atoms. The third-order valence-corrected chi connectivity index (χ3v) is 7.75. The third kappa shape index (κ3) is 5.37. The summed E-state index contributed by atoms with van der Waals surface area (Å²) in [5.41, 5.74) is 1.10. The molecule has 0 unspecified atom stereocenters. The van der Waals surface area contributed by atoms with Gasteiger partial charge in [-0.1, -0.05) is 23.7 Å². The number of sulfone groups is 1. The van der Waals surface area contributed by atoms with E-state index in [1.54, 1.807) is 30.9 Å². The van der Waals surface area contributed by atoms with Gasteiger partial charge in [0, 0.05) is 36.9 Å². The van der Waals surface area contributed by atoms with Crippen LogP contribution in [0.15, 0.2) is 53.4 Å². The number of piperazine rings is 1. The van der Waals surface area contributed by atoms with Crippen molar-refractivity contribution >= 4 is 38.9 Å². The topological polar surface area (TPSA) is 86.8 Å². The number of nitrogens with zero attached hydrogens (tertiary/aromatic N) is 2. The SMILES string of the molecule is CC(C)S(=O)(=O)c1ccccc1C(=O)NCC(=O)N1CCN(c2ccc(Cl)cc2)CC1. The molecule has 1 heterocycles. The van der Waals surface area contributed by atoms with Crippen LogP contribution in [0.5, 0.6) is 0 Å². The largest absolute Gasteiger partial charge is 0.368 e. The molecule has 0 radical (unpaired) electrons. The molecule has 166 valence electrons. The van der Waals surface area contributed by atoms with Crippen LogP contribution in [0.25, 0.3) is 0 Å². The number of rotatable bonds is 6. The van der Waals surface area contributed by atoms with Crippen molar-refractivity contribution in [1.82, 2.24) is 10.2 Å². The predicted octanol–water partition coefficient (Wildman–Crippen LogP) is 2.60. The molecule has 0 aromatic heterocycles. The Hall–Kier alpha value is -2.58. The summed E-state index contributed by atoms with van der Waals surface area (Å²) in [6.45, 7) is 5.38. The van der Waals surface area contributed by atoms with Gasteiger partial charge in [-0.05, 0) is 50.2 Å². The van der Waals surface area contributed by atoms with Crippen LogP contribution in [-0.2, 0) is 14.6 Å². The summed E-state index contributed by atoms with van der Waals surface area (Å²) in [5, 5.41) is 2.60. The minimum Gasteiger partial charge on any atom is -0.368 e. The van der Waals surface area contributed by atoms with Gasteiger partial charge in [0.25, 0.3) is 5.91 Å². The maximum absolute atomic E-state index is 12.6. The monoisotopic (exact) mass is 463 g/mol. The number of carbonyl (C=O) groups is 2. The number of hydrogen-bond donors (Lipinski definition) is 1. The van der Waals surface area contributed by atoms with Crippen LogP contribution in [0.1, 0.15) is 24.2 Å². The highest BCUT2D eigenvalue weighted by molar-refractivity contribution is 7.92. The van der Waals surface area contributed by atoms with E-state index in [1.807, 2.05) is 24.3 Å². The number of halogens is 1. The number of carbonyl (C=O) groups excluding carboxylic acids is 2. The molecule has 1 aliphatic rings. The average Bonchev–Trinajstić information content (AvgIpc) is 2.77. The van der Waals surface area contributed by atoms with Crippen LogP contribution >= 0.6 is 11.6 Å². The zero-order valence-corrected chi connectivity index (χ0v) is 19.1. The summed E-state index contributed by atoms with van der Waals surface area (Å²) in [6, 6.07) is 13.6. The van der Waals surface area contributed by atoms with Gasteiger partial charge in [-0.15, -0.1) is 0 Å². The normalized spacial score (nSPS) is 14.6. The van der Waals surface area contributed by atoms with Crippen molar-refractivity contribution < 1.29 is 18.0 Å². The van der Waals surface area contributed by atoms with E-state index < -0.39 is 21.0 Å². The zero-order valence-electron chi connectivity index (χ0n) is 17.5. The van der Waals surface area contributed by atoms with Gasteiger partial charge in [0.15, 0.2) is 9.84 Å². The molecule has 0 spiro atoms. The van der Waals surface area contributed by atoms with E-state index >= 15 is 0 Å². The summed E-state index contributed by atoms with van der Waals surface area (Å²) in [5.74, 6) is -0.777. The minimum atomic E-state index is -3.62. The fourth-order valence-corrected chi connectivity index (χ4v) is 4.75. The molecule has 0 aliphatic carbocycles. The maximum atomic E-state index is 12.6. The van der Waals surface area contributed by atoms with Gasteiger partial charge in [-0.2, -0.15) is 0 Å². The number of hydrogen-bond acceptors (Lipinski definition) is 5. The van der Waals surface area contributed by atoms with Crippen LogP contribution < -0.4 is 10.2 Å². The van der Waals surface area contributed by atoms with Crippen LogP contribution in [0, 0.1) is 0 Å². The van der Waals surface area contributed by atoms with Crippen molar-refractivity contribution in [3.8, 4) is 0 Å². The molecule has 1 aliphatic heterocycles. The molecule has 3 rings (SSSR count). The lowest BCUT2D eigenvalue weighted by Crippen LogP contribution is -2.51. The van der Waals surface area contributed by atoms with Gasteiger partial charge in [-0.25, -0.2) is 8.42 Å². The van der Waals surface area contributed by atoms with Crippen LogP contribution in [0.4, 0.5) is 5.69 Å². The van der Waals surface area contributed by atoms with Gasteiger partial charge >= 0.3 is 0 Å². The lowest BCUT2D eigenvalue weighted by Gasteiger charge is -2.36. The second-order valence-corrected chi connectivity index (χ2v) is 10.5. The Labute approximate surface area is 187 Å². The first-order chi connectivity index (χ1) is 14.7. The summed E-state index contributed by atoms with van der Waals surface area (Å²) in [6.07, 6.45) is 0. The highest BCUT2D eigenvalue weighted by Gasteiger charge is 2.26. The van der Waals surface area contributed by atoms with Gasteiger partial charge in [-0.3, -0.25) is 9.59 Å². The average molecular weight is 464 g/mol. The van der Waals surface area contributed by atoms with Gasteiger partial charge in [0.1, 0.15) is 0 Å². The fourth-order valence-electron chi connectivity index (χ4n) is 3.39. The smallest absolute Gasteiger partial charge is 0.253 e. The van der Waals surface area contributed by atoms with Crippen LogP contribution in [-0.4, -0.2) is 63.1 Å². The zero-order chi connectivity index (χ0) is 22.6. The molecular weight excluding hydrogens is 438 g/mol. The highest BCUT2D eigenvalue weighted by Crippen LogP contribution is 2.21. The molecule has 2 aromatic carbocycles. The Morgan fingerprint density at radius 2 is 1.61 bits per heavy atom. The second-order valence-electron chi connectivity index (χ2n) is 7.62. The van der Waals surface area contributed by atoms with E-state index in [0.29, 0.717) is 31.2 Å². The first kappa shape index (κ1) is 23.1. The Bertz CT molecular complexity index is 1050. The lowest BCUT2D eigenvalue weighted by molar-refractivity contribution is -0.130. The minimum absolute atomic E-state index is 0.0217. The summed E-state index contributed by atoms with van der Waals surface area (Å²) in [7, 11) is -3.62. The van der Waals surface area contributed by atoms with E-state index in [-0.39, 0.29) is 22.9 Å². The van der Waals surface area contributed by atoms with E-state index in [0.717, 1.165) is 5.69 Å². The molecule has 1 saturated heterocycles. The van der Waals surface area contributed by atoms with Gasteiger partial charge in [0.2, 0.25) is 5.91 Å². The highest BCUT2D eigenvalue weighted by atomic mass is 35.5. The van der Waals surface area contributed by atoms with Crippen molar-refractivity contribution in [1.29, 1.82) is 0 Å². The quantitative estimate of drug-likeness (QED) is 0.711. The summed E-state index contributed by atoms with van der Waals surface area (Å²) < 4.78 is 25.1. The van der Waals surface area contributed by atoms with Crippen molar-refractivity contribution in [2.45, 2.75) is 24.0 Å². The Morgan fingerprint density at radius 3 is 2.23 bits per heavy atom. The van der Waals surface area contributed by atoms with Crippen LogP contribution in [0.3, 0.4) is 0 Å². The van der Waals surface area contributed by atoms with Gasteiger partial charge < -0.3 is 15.1 Å². The lowest BCUT2D eigenvalue weighted by atomic mass is 10.2. The molecule has 0 saturated carbocycles. The van der Waals surface area contributed by atoms with E-state index in [2.05, 4.69) is 10.2 Å². The molecule has 0 atom stereocenters. The Kier molecular flexibility index (Phi) is 7.23. The molecule has 7 nitrogen and oxygen atoms in total. The van der Waals surface area contributed by atoms with Crippen molar-refractivity contribution in [2.24, 2.45) is 0 Å². The van der Waals surface area contributed by atoms with Gasteiger partial charge in [0.05, 0.1) is 22.3 Å². The predicted molar refractivity (Wildman–Crippen MR) is 121 cm³/mol. The third-order valence-electron chi connectivity index (χ3n) is 5.28. The number of benzene rings is 2. The number of nitrogens with one attached hydrogen (secondary N) is 1.